The summed E-state index contributed by atoms with van der Waals surface area (Å²) in [5.74, 6) is 0.542. The lowest BCUT2D eigenvalue weighted by Crippen LogP contribution is -2.42. The van der Waals surface area contributed by atoms with E-state index in [4.69, 9.17) is 0 Å². The number of nitrogens with one attached hydrogen (secondary N) is 1. The lowest BCUT2D eigenvalue weighted by atomic mass is 9.91. The Kier molecular flexibility index (Phi) is 6.04. The van der Waals surface area contributed by atoms with Crippen molar-refractivity contribution in [2.24, 2.45) is 5.92 Å². The van der Waals surface area contributed by atoms with E-state index in [0.29, 0.717) is 36.8 Å². The van der Waals surface area contributed by atoms with Crippen LogP contribution in [0.1, 0.15) is 60.8 Å². The largest absolute Gasteiger partial charge is 0.338 e. The average molecular weight is 371 g/mol. The van der Waals surface area contributed by atoms with Crippen molar-refractivity contribution in [1.29, 1.82) is 0 Å². The number of hydrogen-bond acceptors (Lipinski definition) is 3. The Morgan fingerprint density at radius 3 is 2.85 bits per heavy atom. The minimum Gasteiger partial charge on any atom is -0.338 e. The minimum absolute atomic E-state index is 0.0918. The summed E-state index contributed by atoms with van der Waals surface area (Å²) in [6.07, 6.45) is 4.78. The third-order valence-electron chi connectivity index (χ3n) is 5.18. The topological polar surface area (TPSA) is 66.1 Å². The Hall–Kier alpha value is -2.50. The van der Waals surface area contributed by atoms with Crippen LogP contribution in [0.2, 0.25) is 0 Å². The molecule has 1 atom stereocenters. The van der Waals surface area contributed by atoms with Crippen molar-refractivity contribution >= 4 is 5.91 Å². The van der Waals surface area contributed by atoms with E-state index in [1.165, 1.54) is 12.3 Å². The van der Waals surface area contributed by atoms with Gasteiger partial charge in [0.2, 0.25) is 0 Å². The number of aromatic nitrogens is 2. The number of rotatable bonds is 5. The van der Waals surface area contributed by atoms with E-state index < -0.39 is 0 Å². The van der Waals surface area contributed by atoms with E-state index >= 15 is 0 Å². The van der Waals surface area contributed by atoms with Gasteiger partial charge in [-0.1, -0.05) is 32.0 Å². The van der Waals surface area contributed by atoms with Crippen LogP contribution in [0.3, 0.4) is 0 Å². The van der Waals surface area contributed by atoms with Crippen LogP contribution in [0.25, 0.3) is 0 Å². The van der Waals surface area contributed by atoms with E-state index in [0.717, 1.165) is 19.3 Å². The highest BCUT2D eigenvalue weighted by Gasteiger charge is 2.26. The maximum absolute atomic E-state index is 13.8. The summed E-state index contributed by atoms with van der Waals surface area (Å²) in [6, 6.07) is 6.82. The van der Waals surface area contributed by atoms with Crippen molar-refractivity contribution in [2.45, 2.75) is 45.4 Å². The molecule has 0 radical (unpaired) electrons. The molecule has 0 unspecified atom stereocenters. The molecular formula is C21H26FN3O2. The molecule has 1 N–H and O–H groups in total. The Morgan fingerprint density at radius 2 is 2.15 bits per heavy atom. The molecule has 1 aliphatic rings. The number of aryl methyl sites for hydroxylation is 1. The smallest absolute Gasteiger partial charge is 0.263 e. The number of halogens is 1. The lowest BCUT2D eigenvalue weighted by molar-refractivity contribution is 0.0665. The number of benzene rings is 1. The third kappa shape index (κ3) is 4.62. The van der Waals surface area contributed by atoms with E-state index in [1.807, 2.05) is 26.0 Å². The molecule has 1 amide bonds. The SMILES string of the molecule is CC(C)c1ncc(C(=O)N2CCC[C@H](CCc3ccccc3F)C2)c(=O)[nH]1. The van der Waals surface area contributed by atoms with E-state index in [9.17, 15) is 14.0 Å². The lowest BCUT2D eigenvalue weighted by Gasteiger charge is -2.32. The summed E-state index contributed by atoms with van der Waals surface area (Å²) in [5.41, 5.74) is 0.423. The van der Waals surface area contributed by atoms with Crippen molar-refractivity contribution in [3.05, 3.63) is 63.6 Å². The van der Waals surface area contributed by atoms with Crippen LogP contribution in [0.15, 0.2) is 35.3 Å². The zero-order valence-electron chi connectivity index (χ0n) is 15.9. The molecule has 1 saturated heterocycles. The highest BCUT2D eigenvalue weighted by Crippen LogP contribution is 2.23. The van der Waals surface area contributed by atoms with E-state index in [-0.39, 0.29) is 28.8 Å². The van der Waals surface area contributed by atoms with Crippen molar-refractivity contribution in [2.75, 3.05) is 13.1 Å². The average Bonchev–Trinajstić information content (AvgIpc) is 2.67. The van der Waals surface area contributed by atoms with Crippen molar-refractivity contribution in [3.8, 4) is 0 Å². The Morgan fingerprint density at radius 1 is 1.37 bits per heavy atom. The molecule has 6 heteroatoms. The maximum atomic E-state index is 13.8. The standard InChI is InChI=1S/C21H26FN3O2/c1-14(2)19-23-12-17(20(26)24-19)21(27)25-11-5-6-15(13-25)9-10-16-7-3-4-8-18(16)22/h3-4,7-8,12,14-15H,5-6,9-11,13H2,1-2H3,(H,23,24,26)/t15-/m1/s1. The molecular weight excluding hydrogens is 345 g/mol. The van der Waals surface area contributed by atoms with Gasteiger partial charge < -0.3 is 9.88 Å². The van der Waals surface area contributed by atoms with Gasteiger partial charge in [-0.3, -0.25) is 9.59 Å². The van der Waals surface area contributed by atoms with Gasteiger partial charge in [0.05, 0.1) is 0 Å². The van der Waals surface area contributed by atoms with Crippen molar-refractivity contribution < 1.29 is 9.18 Å². The van der Waals surface area contributed by atoms with Crippen LogP contribution in [-0.4, -0.2) is 33.9 Å². The van der Waals surface area contributed by atoms with Gasteiger partial charge in [0.15, 0.2) is 0 Å². The molecule has 0 aliphatic carbocycles. The van der Waals surface area contributed by atoms with Crippen molar-refractivity contribution in [1.82, 2.24) is 14.9 Å². The van der Waals surface area contributed by atoms with Crippen LogP contribution in [-0.2, 0) is 6.42 Å². The number of nitrogens with zero attached hydrogens (tertiary/aromatic N) is 2. The quantitative estimate of drug-likeness (QED) is 0.875. The van der Waals surface area contributed by atoms with Gasteiger partial charge in [0.25, 0.3) is 11.5 Å². The van der Waals surface area contributed by atoms with E-state index in [2.05, 4.69) is 9.97 Å². The first-order chi connectivity index (χ1) is 13.0. The summed E-state index contributed by atoms with van der Waals surface area (Å²) >= 11 is 0. The van der Waals surface area contributed by atoms with Crippen LogP contribution < -0.4 is 5.56 Å². The van der Waals surface area contributed by atoms with Crippen LogP contribution in [0.4, 0.5) is 4.39 Å². The molecule has 1 aliphatic heterocycles. The second-order valence-corrected chi connectivity index (χ2v) is 7.56. The fraction of sp³-hybridized carbons (Fsp3) is 0.476. The third-order valence-corrected chi connectivity index (χ3v) is 5.18. The highest BCUT2D eigenvalue weighted by molar-refractivity contribution is 5.93. The van der Waals surface area contributed by atoms with E-state index in [1.54, 1.807) is 11.0 Å². The molecule has 0 bridgehead atoms. The number of hydrogen-bond donors (Lipinski definition) is 1. The molecule has 1 fully saturated rings. The monoisotopic (exact) mass is 371 g/mol. The molecule has 1 aromatic carbocycles. The molecule has 144 valence electrons. The second-order valence-electron chi connectivity index (χ2n) is 7.56. The van der Waals surface area contributed by atoms with Crippen molar-refractivity contribution in [3.63, 3.8) is 0 Å². The number of piperidine rings is 1. The molecule has 3 rings (SSSR count). The van der Waals surface area contributed by atoms with Gasteiger partial charge in [-0.15, -0.1) is 0 Å². The first-order valence-corrected chi connectivity index (χ1v) is 9.57. The van der Waals surface area contributed by atoms with Gasteiger partial charge >= 0.3 is 0 Å². The zero-order valence-corrected chi connectivity index (χ0v) is 15.9. The van der Waals surface area contributed by atoms with Crippen LogP contribution >= 0.6 is 0 Å². The number of H-pyrrole nitrogens is 1. The molecule has 5 nitrogen and oxygen atoms in total. The molecule has 27 heavy (non-hydrogen) atoms. The Labute approximate surface area is 158 Å². The van der Waals surface area contributed by atoms with Gasteiger partial charge in [0, 0.05) is 25.2 Å². The Balaban J connectivity index is 1.64. The fourth-order valence-electron chi connectivity index (χ4n) is 3.57. The molecule has 0 spiro atoms. The summed E-state index contributed by atoms with van der Waals surface area (Å²) in [7, 11) is 0. The van der Waals surface area contributed by atoms with Gasteiger partial charge in [-0.25, -0.2) is 9.37 Å². The predicted octanol–water partition coefficient (Wildman–Crippen LogP) is 3.52. The fourth-order valence-corrected chi connectivity index (χ4v) is 3.57. The van der Waals surface area contributed by atoms with Crippen LogP contribution in [0, 0.1) is 11.7 Å². The second kappa shape index (κ2) is 8.46. The zero-order chi connectivity index (χ0) is 19.4. The molecule has 1 aromatic heterocycles. The number of likely N-dealkylation sites (tertiary alicyclic amines) is 1. The first kappa shape index (κ1) is 19.3. The van der Waals surface area contributed by atoms with Gasteiger partial charge in [-0.2, -0.15) is 0 Å². The number of aromatic amines is 1. The van der Waals surface area contributed by atoms with Gasteiger partial charge in [0.1, 0.15) is 17.2 Å². The maximum Gasteiger partial charge on any atom is 0.263 e. The summed E-state index contributed by atoms with van der Waals surface area (Å²) in [5, 5.41) is 0. The first-order valence-electron chi connectivity index (χ1n) is 9.57. The molecule has 0 saturated carbocycles. The normalized spacial score (nSPS) is 17.3. The minimum atomic E-state index is -0.382. The summed E-state index contributed by atoms with van der Waals surface area (Å²) in [4.78, 5) is 33.7. The van der Waals surface area contributed by atoms with Gasteiger partial charge in [-0.05, 0) is 43.2 Å². The summed E-state index contributed by atoms with van der Waals surface area (Å²) in [6.45, 7) is 5.11. The highest BCUT2D eigenvalue weighted by atomic mass is 19.1. The molecule has 2 aromatic rings. The number of amides is 1. The Bertz CT molecular complexity index is 863. The summed E-state index contributed by atoms with van der Waals surface area (Å²) < 4.78 is 13.8. The van der Waals surface area contributed by atoms with Crippen LogP contribution in [0.5, 0.6) is 0 Å². The number of carbonyl (C=O) groups is 1. The predicted molar refractivity (Wildman–Crippen MR) is 102 cm³/mol. The molecule has 2 heterocycles. The number of carbonyl (C=O) groups excluding carboxylic acids is 1.